The highest BCUT2D eigenvalue weighted by Gasteiger charge is 2.37. The molecule has 1 atom stereocenters. The third-order valence-corrected chi connectivity index (χ3v) is 6.48. The zero-order chi connectivity index (χ0) is 25.1. The fourth-order valence-electron chi connectivity index (χ4n) is 4.28. The van der Waals surface area contributed by atoms with Crippen molar-refractivity contribution in [3.8, 4) is 40.5 Å². The highest BCUT2D eigenvalue weighted by atomic mass is 16.5. The summed E-state index contributed by atoms with van der Waals surface area (Å²) >= 11 is 0. The monoisotopic (exact) mass is 481 g/mol. The van der Waals surface area contributed by atoms with Gasteiger partial charge in [0, 0.05) is 30.9 Å². The maximum Gasteiger partial charge on any atom is 0.220 e. The van der Waals surface area contributed by atoms with Gasteiger partial charge < -0.3 is 14.2 Å². The topological polar surface area (TPSA) is 95.1 Å². The first-order valence-electron chi connectivity index (χ1n) is 11.8. The molecular weight excluding hydrogens is 454 g/mol. The predicted octanol–water partition coefficient (Wildman–Crippen LogP) is 5.36. The van der Waals surface area contributed by atoms with Crippen molar-refractivity contribution in [3.63, 3.8) is 0 Å². The van der Waals surface area contributed by atoms with E-state index in [1.165, 1.54) is 0 Å². The average Bonchev–Trinajstić information content (AvgIpc) is 3.47. The molecule has 1 fully saturated rings. The summed E-state index contributed by atoms with van der Waals surface area (Å²) in [6, 6.07) is 20.6. The summed E-state index contributed by atoms with van der Waals surface area (Å²) in [5.74, 6) is 2.89. The molecule has 36 heavy (non-hydrogen) atoms. The van der Waals surface area contributed by atoms with Gasteiger partial charge in [-0.15, -0.1) is 5.10 Å². The first kappa shape index (κ1) is 23.5. The van der Waals surface area contributed by atoms with Gasteiger partial charge in [-0.25, -0.2) is 14.6 Å². The van der Waals surface area contributed by atoms with Crippen LogP contribution in [0.5, 0.6) is 17.4 Å². The molecule has 1 unspecified atom stereocenters. The SMILES string of the molecule is COc1ccccc1Oc1cc(-c2nc(CC3OCCC3(C)C)n(-c3cccc(C#N)c3)n2)ccn1. The van der Waals surface area contributed by atoms with E-state index in [0.29, 0.717) is 35.2 Å². The summed E-state index contributed by atoms with van der Waals surface area (Å²) in [7, 11) is 1.60. The first-order valence-corrected chi connectivity index (χ1v) is 11.8. The minimum atomic E-state index is 0.0225. The molecule has 0 spiro atoms. The maximum atomic E-state index is 9.40. The van der Waals surface area contributed by atoms with Gasteiger partial charge in [-0.2, -0.15) is 5.26 Å². The van der Waals surface area contributed by atoms with Crippen LogP contribution >= 0.6 is 0 Å². The van der Waals surface area contributed by atoms with E-state index in [2.05, 4.69) is 24.9 Å². The van der Waals surface area contributed by atoms with Crippen molar-refractivity contribution in [1.82, 2.24) is 19.7 Å². The second-order valence-electron chi connectivity index (χ2n) is 9.36. The number of hydrogen-bond donors (Lipinski definition) is 0. The van der Waals surface area contributed by atoms with E-state index in [0.717, 1.165) is 30.1 Å². The van der Waals surface area contributed by atoms with Crippen LogP contribution in [0.3, 0.4) is 0 Å². The van der Waals surface area contributed by atoms with Gasteiger partial charge in [0.25, 0.3) is 0 Å². The highest BCUT2D eigenvalue weighted by Crippen LogP contribution is 2.36. The van der Waals surface area contributed by atoms with Crippen molar-refractivity contribution in [2.24, 2.45) is 5.41 Å². The van der Waals surface area contributed by atoms with Crippen molar-refractivity contribution < 1.29 is 14.2 Å². The van der Waals surface area contributed by atoms with Crippen molar-refractivity contribution in [2.75, 3.05) is 13.7 Å². The zero-order valence-electron chi connectivity index (χ0n) is 20.5. The number of pyridine rings is 1. The number of para-hydroxylation sites is 2. The number of hydrogen-bond acceptors (Lipinski definition) is 7. The Morgan fingerprint density at radius 1 is 1.11 bits per heavy atom. The van der Waals surface area contributed by atoms with Crippen molar-refractivity contribution in [2.45, 2.75) is 32.8 Å². The molecule has 2 aromatic carbocycles. The van der Waals surface area contributed by atoms with Crippen LogP contribution in [0.25, 0.3) is 17.1 Å². The van der Waals surface area contributed by atoms with Gasteiger partial charge >= 0.3 is 0 Å². The van der Waals surface area contributed by atoms with Crippen LogP contribution in [-0.2, 0) is 11.2 Å². The summed E-state index contributed by atoms with van der Waals surface area (Å²) in [5, 5.41) is 14.2. The van der Waals surface area contributed by atoms with Crippen LogP contribution in [0, 0.1) is 16.7 Å². The van der Waals surface area contributed by atoms with Crippen LogP contribution in [0.4, 0.5) is 0 Å². The number of aromatic nitrogens is 4. The molecule has 0 radical (unpaired) electrons. The van der Waals surface area contributed by atoms with E-state index in [9.17, 15) is 5.26 Å². The minimum Gasteiger partial charge on any atom is -0.493 e. The molecule has 0 bridgehead atoms. The third-order valence-electron chi connectivity index (χ3n) is 6.48. The molecule has 0 N–H and O–H groups in total. The molecule has 4 aromatic rings. The Balaban J connectivity index is 1.52. The Morgan fingerprint density at radius 2 is 1.94 bits per heavy atom. The van der Waals surface area contributed by atoms with Crippen LogP contribution in [0.15, 0.2) is 66.9 Å². The standard InChI is InChI=1S/C28H27N5O3/c1-28(2)12-14-35-24(28)17-25-31-27(32-33(25)21-8-6-7-19(15-21)18-29)20-11-13-30-26(16-20)36-23-10-5-4-9-22(23)34-3/h4-11,13,15-16,24H,12,14,17H2,1-3H3. The fourth-order valence-corrected chi connectivity index (χ4v) is 4.28. The maximum absolute atomic E-state index is 9.40. The quantitative estimate of drug-likeness (QED) is 0.351. The molecular formula is C28H27N5O3. The summed E-state index contributed by atoms with van der Waals surface area (Å²) < 4.78 is 19.2. The molecule has 1 aliphatic rings. The summed E-state index contributed by atoms with van der Waals surface area (Å²) in [5.41, 5.74) is 2.14. The summed E-state index contributed by atoms with van der Waals surface area (Å²) in [6.45, 7) is 5.16. The van der Waals surface area contributed by atoms with E-state index in [1.807, 2.05) is 48.5 Å². The Kier molecular flexibility index (Phi) is 6.40. The fraction of sp³-hybridized carbons (Fsp3) is 0.286. The number of nitrogens with zero attached hydrogens (tertiary/aromatic N) is 5. The number of benzene rings is 2. The molecule has 0 amide bonds. The Labute approximate surface area is 210 Å². The molecule has 8 heteroatoms. The van der Waals surface area contributed by atoms with Gasteiger partial charge in [0.2, 0.25) is 5.88 Å². The van der Waals surface area contributed by atoms with Gasteiger partial charge in [0.1, 0.15) is 5.82 Å². The van der Waals surface area contributed by atoms with Gasteiger partial charge in [-0.05, 0) is 48.2 Å². The normalized spacial score (nSPS) is 16.4. The lowest BCUT2D eigenvalue weighted by atomic mass is 9.84. The molecule has 8 nitrogen and oxygen atoms in total. The van der Waals surface area contributed by atoms with E-state index in [4.69, 9.17) is 24.3 Å². The van der Waals surface area contributed by atoms with Crippen LogP contribution in [0.2, 0.25) is 0 Å². The number of ether oxygens (including phenoxy) is 3. The largest absolute Gasteiger partial charge is 0.493 e. The summed E-state index contributed by atoms with van der Waals surface area (Å²) in [4.78, 5) is 9.26. The van der Waals surface area contributed by atoms with E-state index in [1.54, 1.807) is 30.1 Å². The predicted molar refractivity (Wildman–Crippen MR) is 134 cm³/mol. The van der Waals surface area contributed by atoms with Crippen LogP contribution in [-0.4, -0.2) is 39.6 Å². The Hall–Kier alpha value is -4.22. The van der Waals surface area contributed by atoms with Crippen molar-refractivity contribution in [3.05, 3.63) is 78.2 Å². The first-order chi connectivity index (χ1) is 17.5. The number of nitriles is 1. The van der Waals surface area contributed by atoms with Crippen molar-refractivity contribution in [1.29, 1.82) is 5.26 Å². The lowest BCUT2D eigenvalue weighted by Gasteiger charge is -2.24. The van der Waals surface area contributed by atoms with E-state index in [-0.39, 0.29) is 11.5 Å². The lowest BCUT2D eigenvalue weighted by molar-refractivity contribution is 0.0624. The van der Waals surface area contributed by atoms with Gasteiger partial charge in [0.15, 0.2) is 17.3 Å². The average molecular weight is 482 g/mol. The van der Waals surface area contributed by atoms with E-state index >= 15 is 0 Å². The second kappa shape index (κ2) is 9.80. The van der Waals surface area contributed by atoms with E-state index < -0.39 is 0 Å². The Bertz CT molecular complexity index is 1420. The molecule has 182 valence electrons. The molecule has 0 saturated carbocycles. The number of methoxy groups -OCH3 is 1. The zero-order valence-corrected chi connectivity index (χ0v) is 20.5. The molecule has 1 aliphatic heterocycles. The lowest BCUT2D eigenvalue weighted by Crippen LogP contribution is -2.28. The smallest absolute Gasteiger partial charge is 0.220 e. The molecule has 3 heterocycles. The molecule has 0 aliphatic carbocycles. The molecule has 2 aromatic heterocycles. The van der Waals surface area contributed by atoms with Gasteiger partial charge in [-0.1, -0.05) is 32.0 Å². The second-order valence-corrected chi connectivity index (χ2v) is 9.36. The van der Waals surface area contributed by atoms with Gasteiger partial charge in [-0.3, -0.25) is 0 Å². The van der Waals surface area contributed by atoms with Gasteiger partial charge in [0.05, 0.1) is 30.5 Å². The third kappa shape index (κ3) is 4.79. The Morgan fingerprint density at radius 3 is 2.69 bits per heavy atom. The van der Waals surface area contributed by atoms with Crippen LogP contribution in [0.1, 0.15) is 31.7 Å². The minimum absolute atomic E-state index is 0.0225. The molecule has 5 rings (SSSR count). The molecule has 1 saturated heterocycles. The van der Waals surface area contributed by atoms with Crippen molar-refractivity contribution >= 4 is 0 Å². The highest BCUT2D eigenvalue weighted by molar-refractivity contribution is 5.57. The number of rotatable bonds is 7. The summed E-state index contributed by atoms with van der Waals surface area (Å²) in [6.07, 6.45) is 3.29. The van der Waals surface area contributed by atoms with Crippen LogP contribution < -0.4 is 9.47 Å².